The molecule has 1 N–H and O–H groups in total. The molecule has 0 unspecified atom stereocenters. The highest BCUT2D eigenvalue weighted by Gasteiger charge is 2.23. The third-order valence-electron chi connectivity index (χ3n) is 5.12. The summed E-state index contributed by atoms with van der Waals surface area (Å²) in [5.41, 5.74) is 0.0816. The van der Waals surface area contributed by atoms with Crippen LogP contribution in [0, 0.1) is 0 Å². The second kappa shape index (κ2) is 7.42. The molecule has 1 aliphatic rings. The summed E-state index contributed by atoms with van der Waals surface area (Å²) in [5.74, 6) is -0.537. The van der Waals surface area contributed by atoms with Crippen molar-refractivity contribution in [1.82, 2.24) is 14.1 Å². The van der Waals surface area contributed by atoms with Gasteiger partial charge in [-0.3, -0.25) is 23.5 Å². The average molecular weight is 428 g/mol. The van der Waals surface area contributed by atoms with Crippen molar-refractivity contribution in [2.75, 3.05) is 16.8 Å². The molecular formula is C20H18ClN5O4. The Hall–Kier alpha value is -3.46. The van der Waals surface area contributed by atoms with Crippen LogP contribution in [0.15, 0.2) is 39.9 Å². The Balaban J connectivity index is 1.69. The number of halogens is 1. The molecule has 0 spiro atoms. The summed E-state index contributed by atoms with van der Waals surface area (Å²) in [6, 6.07) is 7.83. The zero-order valence-electron chi connectivity index (χ0n) is 16.3. The van der Waals surface area contributed by atoms with E-state index in [1.807, 2.05) is 0 Å². The Morgan fingerprint density at radius 1 is 1.10 bits per heavy atom. The van der Waals surface area contributed by atoms with Gasteiger partial charge < -0.3 is 10.2 Å². The number of fused-ring (bicyclic) bond motifs is 1. The number of pyridine rings is 1. The molecule has 0 bridgehead atoms. The summed E-state index contributed by atoms with van der Waals surface area (Å²) in [5, 5.41) is 3.22. The van der Waals surface area contributed by atoms with Gasteiger partial charge in [-0.2, -0.15) is 0 Å². The predicted octanol–water partition coefficient (Wildman–Crippen LogP) is 1.66. The topological polar surface area (TPSA) is 106 Å². The van der Waals surface area contributed by atoms with Crippen molar-refractivity contribution in [3.8, 4) is 0 Å². The van der Waals surface area contributed by atoms with Crippen LogP contribution in [0.25, 0.3) is 11.0 Å². The van der Waals surface area contributed by atoms with Gasteiger partial charge in [0, 0.05) is 32.7 Å². The van der Waals surface area contributed by atoms with Crippen LogP contribution in [0.1, 0.15) is 23.3 Å². The van der Waals surface area contributed by atoms with Crippen LogP contribution in [0.2, 0.25) is 5.02 Å². The van der Waals surface area contributed by atoms with E-state index in [1.54, 1.807) is 23.1 Å². The summed E-state index contributed by atoms with van der Waals surface area (Å²) in [7, 11) is 2.86. The molecule has 3 aromatic rings. The van der Waals surface area contributed by atoms with Crippen LogP contribution >= 0.6 is 11.6 Å². The Bertz CT molecular complexity index is 1330. The van der Waals surface area contributed by atoms with Gasteiger partial charge in [0.2, 0.25) is 5.91 Å². The van der Waals surface area contributed by atoms with Crippen LogP contribution in [0.3, 0.4) is 0 Å². The minimum atomic E-state index is -0.558. The molecular weight excluding hydrogens is 410 g/mol. The first-order valence-corrected chi connectivity index (χ1v) is 9.64. The molecule has 0 radical (unpaired) electrons. The van der Waals surface area contributed by atoms with Gasteiger partial charge in [-0.15, -0.1) is 0 Å². The van der Waals surface area contributed by atoms with Gasteiger partial charge >= 0.3 is 5.69 Å². The molecule has 2 amide bonds. The molecule has 154 valence electrons. The first-order chi connectivity index (χ1) is 14.3. The number of amides is 2. The van der Waals surface area contributed by atoms with E-state index >= 15 is 0 Å². The molecule has 1 aliphatic heterocycles. The molecule has 9 nitrogen and oxygen atoms in total. The molecule has 0 atom stereocenters. The number of carbonyl (C=O) groups excluding carboxylic acids is 2. The Labute approximate surface area is 175 Å². The van der Waals surface area contributed by atoms with Crippen molar-refractivity contribution < 1.29 is 9.59 Å². The van der Waals surface area contributed by atoms with Crippen molar-refractivity contribution in [3.63, 3.8) is 0 Å². The monoisotopic (exact) mass is 427 g/mol. The predicted molar refractivity (Wildman–Crippen MR) is 113 cm³/mol. The van der Waals surface area contributed by atoms with E-state index in [0.29, 0.717) is 29.4 Å². The summed E-state index contributed by atoms with van der Waals surface area (Å²) in [4.78, 5) is 55.0. The highest BCUT2D eigenvalue weighted by Crippen LogP contribution is 2.30. The van der Waals surface area contributed by atoms with E-state index in [-0.39, 0.29) is 22.6 Å². The fourth-order valence-electron chi connectivity index (χ4n) is 3.47. The van der Waals surface area contributed by atoms with Gasteiger partial charge in [0.25, 0.3) is 11.5 Å². The second-order valence-corrected chi connectivity index (χ2v) is 7.45. The molecule has 1 aromatic carbocycles. The summed E-state index contributed by atoms with van der Waals surface area (Å²) in [6.45, 7) is 0.614. The van der Waals surface area contributed by atoms with Crippen molar-refractivity contribution in [1.29, 1.82) is 0 Å². The lowest BCUT2D eigenvalue weighted by molar-refractivity contribution is -0.117. The van der Waals surface area contributed by atoms with Gasteiger partial charge in [0.05, 0.1) is 16.1 Å². The van der Waals surface area contributed by atoms with Crippen molar-refractivity contribution in [2.24, 2.45) is 14.1 Å². The van der Waals surface area contributed by atoms with E-state index in [1.165, 1.54) is 30.8 Å². The number of nitrogens with zero attached hydrogens (tertiary/aromatic N) is 4. The molecule has 0 aliphatic carbocycles. The first kappa shape index (κ1) is 19.8. The normalized spacial score (nSPS) is 13.8. The summed E-state index contributed by atoms with van der Waals surface area (Å²) >= 11 is 6.22. The van der Waals surface area contributed by atoms with Crippen molar-refractivity contribution in [2.45, 2.75) is 12.8 Å². The minimum Gasteiger partial charge on any atom is -0.319 e. The molecule has 1 saturated heterocycles. The highest BCUT2D eigenvalue weighted by atomic mass is 35.5. The lowest BCUT2D eigenvalue weighted by Crippen LogP contribution is -2.37. The minimum absolute atomic E-state index is 0.0180. The molecule has 0 saturated carbocycles. The number of hydrogen-bond donors (Lipinski definition) is 1. The number of rotatable bonds is 3. The number of aromatic nitrogens is 3. The summed E-state index contributed by atoms with van der Waals surface area (Å²) < 4.78 is 2.19. The number of anilines is 2. The fourth-order valence-corrected chi connectivity index (χ4v) is 3.63. The third-order valence-corrected chi connectivity index (χ3v) is 5.45. The second-order valence-electron chi connectivity index (χ2n) is 7.04. The third kappa shape index (κ3) is 3.26. The van der Waals surface area contributed by atoms with Gasteiger partial charge in [-0.25, -0.2) is 9.78 Å². The SMILES string of the molecule is Cn1c(=O)c2ccc(C(=O)Nc3cc(N4CCCC4=O)ccc3Cl)nc2n(C)c1=O. The molecule has 30 heavy (non-hydrogen) atoms. The first-order valence-electron chi connectivity index (χ1n) is 9.26. The lowest BCUT2D eigenvalue weighted by Gasteiger charge is -2.17. The van der Waals surface area contributed by atoms with E-state index in [0.717, 1.165) is 11.0 Å². The zero-order valence-corrected chi connectivity index (χ0v) is 17.1. The van der Waals surface area contributed by atoms with E-state index in [9.17, 15) is 19.2 Å². The average Bonchev–Trinajstić information content (AvgIpc) is 3.17. The smallest absolute Gasteiger partial charge is 0.319 e. The van der Waals surface area contributed by atoms with Gasteiger partial charge in [-0.05, 0) is 36.8 Å². The van der Waals surface area contributed by atoms with Gasteiger partial charge in [0.1, 0.15) is 11.3 Å². The fraction of sp³-hybridized carbons (Fsp3) is 0.250. The molecule has 2 aromatic heterocycles. The van der Waals surface area contributed by atoms with E-state index in [4.69, 9.17) is 11.6 Å². The molecule has 1 fully saturated rings. The van der Waals surface area contributed by atoms with E-state index in [2.05, 4.69) is 10.3 Å². The van der Waals surface area contributed by atoms with Crippen molar-refractivity contribution in [3.05, 3.63) is 61.9 Å². The quantitative estimate of drug-likeness (QED) is 0.684. The van der Waals surface area contributed by atoms with Gasteiger partial charge in [0.15, 0.2) is 0 Å². The number of carbonyl (C=O) groups is 2. The molecule has 4 rings (SSSR count). The number of benzene rings is 1. The maximum absolute atomic E-state index is 12.8. The van der Waals surface area contributed by atoms with Crippen LogP contribution in [-0.2, 0) is 18.9 Å². The number of aryl methyl sites for hydroxylation is 1. The summed E-state index contributed by atoms with van der Waals surface area (Å²) in [6.07, 6.45) is 1.27. The lowest BCUT2D eigenvalue weighted by atomic mass is 10.2. The maximum atomic E-state index is 12.8. The van der Waals surface area contributed by atoms with Gasteiger partial charge in [-0.1, -0.05) is 11.6 Å². The maximum Gasteiger partial charge on any atom is 0.332 e. The van der Waals surface area contributed by atoms with Crippen LogP contribution < -0.4 is 21.5 Å². The standard InChI is InChI=1S/C20H18ClN5O4/c1-24-17-12(19(29)25(2)20(24)30)6-8-14(22-17)18(28)23-15-10-11(5-7-13(15)21)26-9-3-4-16(26)27/h5-8,10H,3-4,9H2,1-2H3,(H,23,28). The molecule has 10 heteroatoms. The molecule has 3 heterocycles. The largest absolute Gasteiger partial charge is 0.332 e. The zero-order chi connectivity index (χ0) is 21.6. The van der Waals surface area contributed by atoms with Crippen molar-refractivity contribution >= 4 is 45.8 Å². The Morgan fingerprint density at radius 3 is 2.57 bits per heavy atom. The van der Waals surface area contributed by atoms with E-state index < -0.39 is 17.2 Å². The van der Waals surface area contributed by atoms with Crippen LogP contribution in [-0.4, -0.2) is 32.5 Å². The van der Waals surface area contributed by atoms with Crippen LogP contribution in [0.5, 0.6) is 0 Å². The number of hydrogen-bond acceptors (Lipinski definition) is 5. The Morgan fingerprint density at radius 2 is 1.87 bits per heavy atom. The number of nitrogens with one attached hydrogen (secondary N) is 1. The highest BCUT2D eigenvalue weighted by molar-refractivity contribution is 6.34. The Kier molecular flexibility index (Phi) is 4.90. The van der Waals surface area contributed by atoms with Crippen LogP contribution in [0.4, 0.5) is 11.4 Å².